The Kier molecular flexibility index (Phi) is 7.28. The van der Waals surface area contributed by atoms with Crippen molar-refractivity contribution in [1.29, 1.82) is 0 Å². The fourth-order valence-electron chi connectivity index (χ4n) is 2.78. The highest BCUT2D eigenvalue weighted by atomic mass is 16.5. The van der Waals surface area contributed by atoms with Crippen LogP contribution >= 0.6 is 0 Å². The quantitative estimate of drug-likeness (QED) is 0.572. The molecule has 0 bridgehead atoms. The molecule has 0 saturated heterocycles. The molecule has 0 aliphatic carbocycles. The molecule has 0 fully saturated rings. The first kappa shape index (κ1) is 18.4. The van der Waals surface area contributed by atoms with E-state index >= 15 is 0 Å². The van der Waals surface area contributed by atoms with Crippen molar-refractivity contribution in [3.8, 4) is 0 Å². The molecule has 2 unspecified atom stereocenters. The van der Waals surface area contributed by atoms with Gasteiger partial charge in [-0.2, -0.15) is 0 Å². The van der Waals surface area contributed by atoms with E-state index in [4.69, 9.17) is 0 Å². The van der Waals surface area contributed by atoms with Gasteiger partial charge in [0.25, 0.3) is 0 Å². The largest absolute Gasteiger partial charge is 0.467 e. The standard InChI is InChI=1S/C18H26O4/c1-5-14(12(2)3)15(13-9-7-6-8-10-13)11-16(19)17(20)18(21)22-4/h5-10,12,14-17,19-20H,1,11H2,2-4H3/t14-,15-,16?,17?/m1/s1. The lowest BCUT2D eigenvalue weighted by atomic mass is 9.76. The van der Waals surface area contributed by atoms with Crippen LogP contribution in [-0.2, 0) is 9.53 Å². The number of benzene rings is 1. The van der Waals surface area contributed by atoms with Gasteiger partial charge in [0.05, 0.1) is 13.2 Å². The first-order chi connectivity index (χ1) is 10.4. The van der Waals surface area contributed by atoms with Crippen molar-refractivity contribution in [3.05, 3.63) is 48.6 Å². The predicted molar refractivity (Wildman–Crippen MR) is 86.4 cm³/mol. The number of methoxy groups -OCH3 is 1. The second-order valence-corrected chi connectivity index (χ2v) is 5.85. The Morgan fingerprint density at radius 3 is 2.32 bits per heavy atom. The van der Waals surface area contributed by atoms with Gasteiger partial charge in [0.2, 0.25) is 0 Å². The number of esters is 1. The van der Waals surface area contributed by atoms with Crippen LogP contribution in [0.2, 0.25) is 0 Å². The summed E-state index contributed by atoms with van der Waals surface area (Å²) in [6.07, 6.45) is -0.581. The molecular weight excluding hydrogens is 280 g/mol. The van der Waals surface area contributed by atoms with Crippen LogP contribution in [0, 0.1) is 11.8 Å². The number of allylic oxidation sites excluding steroid dienone is 1. The molecule has 4 heteroatoms. The van der Waals surface area contributed by atoms with Crippen molar-refractivity contribution in [2.45, 2.75) is 38.4 Å². The van der Waals surface area contributed by atoms with E-state index in [1.54, 1.807) is 0 Å². The van der Waals surface area contributed by atoms with Crippen LogP contribution in [0.4, 0.5) is 0 Å². The highest BCUT2D eigenvalue weighted by molar-refractivity contribution is 5.74. The van der Waals surface area contributed by atoms with Gasteiger partial charge in [-0.25, -0.2) is 4.79 Å². The SMILES string of the molecule is C=C[C@H](C(C)C)[C@H](CC(O)C(O)C(=O)OC)c1ccccc1. The van der Waals surface area contributed by atoms with Crippen LogP contribution < -0.4 is 0 Å². The Labute approximate surface area is 132 Å². The molecule has 0 spiro atoms. The predicted octanol–water partition coefficient (Wildman–Crippen LogP) is 2.51. The molecule has 4 nitrogen and oxygen atoms in total. The lowest BCUT2D eigenvalue weighted by Gasteiger charge is -2.30. The van der Waals surface area contributed by atoms with Crippen molar-refractivity contribution in [2.24, 2.45) is 11.8 Å². The molecule has 0 aliphatic heterocycles. The Balaban J connectivity index is 3.01. The minimum Gasteiger partial charge on any atom is -0.467 e. The maximum atomic E-state index is 11.4. The van der Waals surface area contributed by atoms with E-state index in [1.807, 2.05) is 36.4 Å². The van der Waals surface area contributed by atoms with Gasteiger partial charge in [0, 0.05) is 0 Å². The molecule has 4 atom stereocenters. The molecular formula is C18H26O4. The monoisotopic (exact) mass is 306 g/mol. The van der Waals surface area contributed by atoms with E-state index in [0.717, 1.165) is 5.56 Å². The summed E-state index contributed by atoms with van der Waals surface area (Å²) in [6, 6.07) is 9.78. The first-order valence-electron chi connectivity index (χ1n) is 7.53. The van der Waals surface area contributed by atoms with Gasteiger partial charge in [0.15, 0.2) is 6.10 Å². The van der Waals surface area contributed by atoms with Crippen LogP contribution in [0.25, 0.3) is 0 Å². The normalized spacial score (nSPS) is 16.6. The zero-order valence-electron chi connectivity index (χ0n) is 13.5. The highest BCUT2D eigenvalue weighted by Crippen LogP contribution is 2.35. The first-order valence-corrected chi connectivity index (χ1v) is 7.53. The van der Waals surface area contributed by atoms with Gasteiger partial charge < -0.3 is 14.9 Å². The summed E-state index contributed by atoms with van der Waals surface area (Å²) < 4.78 is 4.49. The number of aliphatic hydroxyl groups is 2. The lowest BCUT2D eigenvalue weighted by molar-refractivity contribution is -0.157. The number of rotatable bonds is 8. The second-order valence-electron chi connectivity index (χ2n) is 5.85. The summed E-state index contributed by atoms with van der Waals surface area (Å²) in [5, 5.41) is 20.0. The van der Waals surface area contributed by atoms with Crippen LogP contribution in [0.5, 0.6) is 0 Å². The molecule has 0 heterocycles. The van der Waals surface area contributed by atoms with E-state index in [2.05, 4.69) is 25.2 Å². The van der Waals surface area contributed by atoms with Gasteiger partial charge in [0.1, 0.15) is 0 Å². The molecule has 0 amide bonds. The van der Waals surface area contributed by atoms with Gasteiger partial charge in [-0.05, 0) is 29.7 Å². The molecule has 2 N–H and O–H groups in total. The number of carbonyl (C=O) groups excluding carboxylic acids is 1. The molecule has 1 rings (SSSR count). The highest BCUT2D eigenvalue weighted by Gasteiger charge is 2.31. The Morgan fingerprint density at radius 1 is 1.27 bits per heavy atom. The van der Waals surface area contributed by atoms with Gasteiger partial charge >= 0.3 is 5.97 Å². The van der Waals surface area contributed by atoms with Gasteiger partial charge in [-0.3, -0.25) is 0 Å². The number of aliphatic hydroxyl groups excluding tert-OH is 2. The Bertz CT molecular complexity index is 469. The van der Waals surface area contributed by atoms with Crippen LogP contribution in [0.15, 0.2) is 43.0 Å². The molecule has 22 heavy (non-hydrogen) atoms. The van der Waals surface area contributed by atoms with Crippen molar-refractivity contribution >= 4 is 5.97 Å². The van der Waals surface area contributed by atoms with Crippen molar-refractivity contribution < 1.29 is 19.7 Å². The van der Waals surface area contributed by atoms with Crippen molar-refractivity contribution in [3.63, 3.8) is 0 Å². The summed E-state index contributed by atoms with van der Waals surface area (Å²) in [6.45, 7) is 8.07. The zero-order valence-corrected chi connectivity index (χ0v) is 13.5. The van der Waals surface area contributed by atoms with E-state index in [-0.39, 0.29) is 18.3 Å². The third-order valence-corrected chi connectivity index (χ3v) is 4.04. The van der Waals surface area contributed by atoms with E-state index in [9.17, 15) is 15.0 Å². The van der Waals surface area contributed by atoms with Gasteiger partial charge in [-0.1, -0.05) is 50.3 Å². The number of ether oxygens (including phenoxy) is 1. The number of carbonyl (C=O) groups is 1. The molecule has 122 valence electrons. The minimum absolute atomic E-state index is 0.0343. The number of hydrogen-bond donors (Lipinski definition) is 2. The fraction of sp³-hybridized carbons (Fsp3) is 0.500. The molecule has 0 aliphatic rings. The van der Waals surface area contributed by atoms with Crippen LogP contribution in [0.1, 0.15) is 31.7 Å². The van der Waals surface area contributed by atoms with Crippen LogP contribution in [-0.4, -0.2) is 35.5 Å². The lowest BCUT2D eigenvalue weighted by Crippen LogP contribution is -2.37. The Hall–Kier alpha value is -1.65. The zero-order chi connectivity index (χ0) is 16.7. The van der Waals surface area contributed by atoms with E-state index in [1.165, 1.54) is 7.11 Å². The van der Waals surface area contributed by atoms with Crippen molar-refractivity contribution in [1.82, 2.24) is 0 Å². The number of hydrogen-bond acceptors (Lipinski definition) is 4. The molecule has 1 aromatic carbocycles. The maximum Gasteiger partial charge on any atom is 0.337 e. The summed E-state index contributed by atoms with van der Waals surface area (Å²) in [5.74, 6) is -0.404. The Morgan fingerprint density at radius 2 is 1.86 bits per heavy atom. The maximum absolute atomic E-state index is 11.4. The van der Waals surface area contributed by atoms with Crippen molar-refractivity contribution in [2.75, 3.05) is 7.11 Å². The topological polar surface area (TPSA) is 66.8 Å². The summed E-state index contributed by atoms with van der Waals surface area (Å²) >= 11 is 0. The average Bonchev–Trinajstić information content (AvgIpc) is 2.53. The third-order valence-electron chi connectivity index (χ3n) is 4.04. The molecule has 0 radical (unpaired) electrons. The molecule has 1 aromatic rings. The molecule has 0 saturated carbocycles. The van der Waals surface area contributed by atoms with Gasteiger partial charge in [-0.15, -0.1) is 6.58 Å². The van der Waals surface area contributed by atoms with E-state index in [0.29, 0.717) is 5.92 Å². The summed E-state index contributed by atoms with van der Waals surface area (Å²) in [5.41, 5.74) is 1.05. The minimum atomic E-state index is -1.53. The summed E-state index contributed by atoms with van der Waals surface area (Å²) in [4.78, 5) is 11.4. The smallest absolute Gasteiger partial charge is 0.337 e. The summed E-state index contributed by atoms with van der Waals surface area (Å²) in [7, 11) is 1.19. The fourth-order valence-corrected chi connectivity index (χ4v) is 2.78. The third kappa shape index (κ3) is 4.68. The van der Waals surface area contributed by atoms with Crippen LogP contribution in [0.3, 0.4) is 0 Å². The van der Waals surface area contributed by atoms with E-state index < -0.39 is 18.2 Å². The average molecular weight is 306 g/mol. The molecule has 0 aromatic heterocycles. The second kappa shape index (κ2) is 8.71.